The highest BCUT2D eigenvalue weighted by molar-refractivity contribution is 7.89. The van der Waals surface area contributed by atoms with Crippen molar-refractivity contribution in [3.63, 3.8) is 0 Å². The van der Waals surface area contributed by atoms with Crippen LogP contribution in [0.5, 0.6) is 0 Å². The van der Waals surface area contributed by atoms with Crippen molar-refractivity contribution in [2.75, 3.05) is 25.0 Å². The van der Waals surface area contributed by atoms with Crippen molar-refractivity contribution in [2.24, 2.45) is 0 Å². The first-order valence-corrected chi connectivity index (χ1v) is 13.6. The molecular formula is C21H25F2N7O4S2. The Morgan fingerprint density at radius 1 is 1.31 bits per heavy atom. The van der Waals surface area contributed by atoms with Crippen molar-refractivity contribution >= 4 is 38.5 Å². The molecule has 11 nitrogen and oxygen atoms in total. The Hall–Kier alpha value is -2.75. The van der Waals surface area contributed by atoms with Gasteiger partial charge in [0.05, 0.1) is 30.0 Å². The largest absolute Gasteiger partial charge is 0.364 e. The van der Waals surface area contributed by atoms with Gasteiger partial charge in [-0.05, 0) is 32.8 Å². The third-order valence-corrected chi connectivity index (χ3v) is 8.78. The molecule has 2 atom stereocenters. The van der Waals surface area contributed by atoms with Crippen LogP contribution in [-0.4, -0.2) is 71.8 Å². The summed E-state index contributed by atoms with van der Waals surface area (Å²) in [5, 5.41) is 9.63. The number of rotatable bonds is 7. The summed E-state index contributed by atoms with van der Waals surface area (Å²) in [4.78, 5) is 18.5. The second-order valence-corrected chi connectivity index (χ2v) is 12.0. The average Bonchev–Trinajstić information content (AvgIpc) is 3.21. The van der Waals surface area contributed by atoms with Crippen LogP contribution in [0.15, 0.2) is 23.4 Å². The zero-order chi connectivity index (χ0) is 25.8. The van der Waals surface area contributed by atoms with Crippen molar-refractivity contribution in [1.82, 2.24) is 29.6 Å². The predicted octanol–water partition coefficient (Wildman–Crippen LogP) is 1.96. The summed E-state index contributed by atoms with van der Waals surface area (Å²) in [6, 6.07) is 1.54. The van der Waals surface area contributed by atoms with Gasteiger partial charge in [-0.15, -0.1) is 10.2 Å². The number of amides is 1. The quantitative estimate of drug-likeness (QED) is 0.464. The Morgan fingerprint density at radius 3 is 2.69 bits per heavy atom. The van der Waals surface area contributed by atoms with Gasteiger partial charge in [0.15, 0.2) is 21.9 Å². The minimum Gasteiger partial charge on any atom is -0.364 e. The normalized spacial score (nSPS) is 21.8. The van der Waals surface area contributed by atoms with Crippen LogP contribution in [0.2, 0.25) is 0 Å². The Kier molecular flexibility index (Phi) is 6.21. The number of fused-ring (bicyclic) bond motifs is 1. The number of morpholine rings is 1. The van der Waals surface area contributed by atoms with Crippen molar-refractivity contribution < 1.29 is 26.7 Å². The Balaban J connectivity index is 1.65. The van der Waals surface area contributed by atoms with Gasteiger partial charge in [0, 0.05) is 25.3 Å². The number of aromatic nitrogens is 4. The van der Waals surface area contributed by atoms with E-state index in [0.29, 0.717) is 29.1 Å². The van der Waals surface area contributed by atoms with E-state index >= 15 is 0 Å². The lowest BCUT2D eigenvalue weighted by atomic mass is 10.1. The highest BCUT2D eigenvalue weighted by atomic mass is 32.2. The van der Waals surface area contributed by atoms with Crippen LogP contribution in [0.3, 0.4) is 0 Å². The number of ether oxygens (including phenoxy) is 1. The van der Waals surface area contributed by atoms with Crippen LogP contribution >= 0.6 is 11.3 Å². The molecule has 0 unspecified atom stereocenters. The number of carbonyl (C=O) groups is 1. The zero-order valence-electron chi connectivity index (χ0n) is 19.7. The fraction of sp³-hybridized carbons (Fsp3) is 0.524. The first-order valence-electron chi connectivity index (χ1n) is 11.3. The Morgan fingerprint density at radius 2 is 2.06 bits per heavy atom. The second kappa shape index (κ2) is 8.97. The Bertz CT molecular complexity index is 1420. The van der Waals surface area contributed by atoms with Crippen LogP contribution in [0, 0.1) is 0 Å². The number of sulfonamides is 1. The minimum absolute atomic E-state index is 0.0217. The maximum absolute atomic E-state index is 13.3. The molecule has 194 valence electrons. The highest BCUT2D eigenvalue weighted by Crippen LogP contribution is 2.38. The molecule has 0 aromatic carbocycles. The molecule has 3 aromatic heterocycles. The molecule has 1 saturated heterocycles. The highest BCUT2D eigenvalue weighted by Gasteiger charge is 2.42. The number of nitrogens with zero attached hydrogens (tertiary/aromatic N) is 5. The van der Waals surface area contributed by atoms with Crippen LogP contribution in [0.4, 0.5) is 14.5 Å². The number of hydrogen-bond donors (Lipinski definition) is 2. The van der Waals surface area contributed by atoms with Crippen molar-refractivity contribution in [2.45, 2.75) is 55.8 Å². The molecule has 2 fully saturated rings. The number of pyridine rings is 1. The van der Waals surface area contributed by atoms with E-state index in [-0.39, 0.29) is 34.3 Å². The average molecular weight is 542 g/mol. The molecule has 15 heteroatoms. The smallest absolute Gasteiger partial charge is 0.291 e. The number of carbonyl (C=O) groups excluding carboxylic acids is 1. The van der Waals surface area contributed by atoms with E-state index in [4.69, 9.17) is 4.74 Å². The summed E-state index contributed by atoms with van der Waals surface area (Å²) in [6.45, 7) is 4.23. The van der Waals surface area contributed by atoms with Gasteiger partial charge in [0.25, 0.3) is 12.3 Å². The molecule has 4 heterocycles. The van der Waals surface area contributed by atoms with E-state index in [2.05, 4.69) is 25.2 Å². The maximum atomic E-state index is 13.3. The fourth-order valence-corrected chi connectivity index (χ4v) is 6.33. The topological polar surface area (TPSA) is 131 Å². The maximum Gasteiger partial charge on any atom is 0.291 e. The lowest BCUT2D eigenvalue weighted by Crippen LogP contribution is -2.52. The molecule has 0 spiro atoms. The van der Waals surface area contributed by atoms with Gasteiger partial charge in [0.2, 0.25) is 10.0 Å². The fourth-order valence-electron chi connectivity index (χ4n) is 4.15. The summed E-state index contributed by atoms with van der Waals surface area (Å²) in [5.41, 5.74) is 0.537. The first-order chi connectivity index (χ1) is 17.0. The molecule has 0 bridgehead atoms. The van der Waals surface area contributed by atoms with Gasteiger partial charge in [-0.25, -0.2) is 26.9 Å². The minimum atomic E-state index is -3.93. The SMILES string of the molecule is CNC(=O)[C@H]1CN(c2cc(S(=O)(=O)NC3(C)CC3)cn3c(-c4nnc(C(F)F)s4)ncc23)C[C@H](C)O1. The molecular weight excluding hydrogens is 516 g/mol. The second-order valence-electron chi connectivity index (χ2n) is 9.26. The number of halogens is 2. The molecule has 0 radical (unpaired) electrons. The molecule has 1 aliphatic heterocycles. The van der Waals surface area contributed by atoms with Crippen molar-refractivity contribution in [3.8, 4) is 10.8 Å². The van der Waals surface area contributed by atoms with E-state index < -0.39 is 33.1 Å². The van der Waals surface area contributed by atoms with Gasteiger partial charge in [-0.1, -0.05) is 11.3 Å². The van der Waals surface area contributed by atoms with Crippen LogP contribution in [0.25, 0.3) is 16.3 Å². The molecule has 2 aliphatic rings. The van der Waals surface area contributed by atoms with E-state index in [1.807, 2.05) is 18.7 Å². The van der Waals surface area contributed by atoms with Gasteiger partial charge >= 0.3 is 0 Å². The third-order valence-electron chi connectivity index (χ3n) is 6.24. The van der Waals surface area contributed by atoms with Gasteiger partial charge in [0.1, 0.15) is 4.90 Å². The number of alkyl halides is 2. The van der Waals surface area contributed by atoms with E-state index in [1.165, 1.54) is 23.8 Å². The van der Waals surface area contributed by atoms with E-state index in [9.17, 15) is 22.0 Å². The molecule has 3 aromatic rings. The van der Waals surface area contributed by atoms with Crippen LogP contribution < -0.4 is 14.9 Å². The molecule has 2 N–H and O–H groups in total. The van der Waals surface area contributed by atoms with Gasteiger partial charge in [-0.3, -0.25) is 9.20 Å². The molecule has 1 amide bonds. The standard InChI is InChI=1S/C21H25F2N7O4S2/c1-11-8-29(10-15(34-11)18(31)24-3)13-6-12(36(32,33)28-21(2)4-5-21)9-30-14(13)7-25-17(30)20-27-26-19(35-20)16(22)23/h6-7,9,11,15-16,28H,4-5,8,10H2,1-3H3,(H,24,31)/t11-,15+/m0/s1. The third kappa shape index (κ3) is 4.67. The lowest BCUT2D eigenvalue weighted by molar-refractivity contribution is -0.136. The first kappa shape index (κ1) is 24.9. The van der Waals surface area contributed by atoms with Gasteiger partial charge < -0.3 is 15.0 Å². The molecule has 5 rings (SSSR count). The Labute approximate surface area is 209 Å². The van der Waals surface area contributed by atoms with Crippen molar-refractivity contribution in [1.29, 1.82) is 0 Å². The monoisotopic (exact) mass is 541 g/mol. The lowest BCUT2D eigenvalue weighted by Gasteiger charge is -2.37. The van der Waals surface area contributed by atoms with Crippen LogP contribution in [0.1, 0.15) is 38.1 Å². The predicted molar refractivity (Wildman–Crippen MR) is 128 cm³/mol. The summed E-state index contributed by atoms with van der Waals surface area (Å²) in [6.07, 6.45) is 0.523. The molecule has 1 saturated carbocycles. The van der Waals surface area contributed by atoms with E-state index in [1.54, 1.807) is 6.07 Å². The van der Waals surface area contributed by atoms with Crippen LogP contribution in [-0.2, 0) is 19.6 Å². The van der Waals surface area contributed by atoms with Crippen molar-refractivity contribution in [3.05, 3.63) is 23.5 Å². The number of imidazole rings is 1. The molecule has 1 aliphatic carbocycles. The van der Waals surface area contributed by atoms with E-state index in [0.717, 1.165) is 12.8 Å². The number of nitrogens with one attached hydrogen (secondary N) is 2. The summed E-state index contributed by atoms with van der Waals surface area (Å²) in [7, 11) is -2.41. The summed E-state index contributed by atoms with van der Waals surface area (Å²) >= 11 is 0.689. The number of likely N-dealkylation sites (N-methyl/N-ethyl adjacent to an activating group) is 1. The molecule has 36 heavy (non-hydrogen) atoms. The number of anilines is 1. The summed E-state index contributed by atoms with van der Waals surface area (Å²) < 4.78 is 63.0. The zero-order valence-corrected chi connectivity index (χ0v) is 21.4. The number of hydrogen-bond acceptors (Lipinski definition) is 9. The van der Waals surface area contributed by atoms with Gasteiger partial charge in [-0.2, -0.15) is 0 Å². The summed E-state index contributed by atoms with van der Waals surface area (Å²) in [5.74, 6) is -0.105.